The van der Waals surface area contributed by atoms with Crippen molar-refractivity contribution < 1.29 is 4.21 Å². The SMILES string of the molecule is NS(=O)c1ccc(-n2c(-c3ccccc3)nc3ccc(Br)cc3c2=O)cc1. The van der Waals surface area contributed by atoms with Crippen molar-refractivity contribution in [3.63, 3.8) is 0 Å². The van der Waals surface area contributed by atoms with Crippen LogP contribution < -0.4 is 10.7 Å². The van der Waals surface area contributed by atoms with E-state index < -0.39 is 11.0 Å². The van der Waals surface area contributed by atoms with Crippen molar-refractivity contribution in [3.05, 3.63) is 87.6 Å². The molecule has 1 aromatic heterocycles. The second-order valence-electron chi connectivity index (χ2n) is 5.89. The molecule has 0 amide bonds. The summed E-state index contributed by atoms with van der Waals surface area (Å²) in [5, 5.41) is 5.94. The van der Waals surface area contributed by atoms with Crippen molar-refractivity contribution in [2.45, 2.75) is 4.90 Å². The van der Waals surface area contributed by atoms with E-state index in [0.29, 0.717) is 27.3 Å². The maximum absolute atomic E-state index is 13.3. The normalized spacial score (nSPS) is 12.2. The minimum Gasteiger partial charge on any atom is -0.268 e. The Morgan fingerprint density at radius 2 is 1.67 bits per heavy atom. The Labute approximate surface area is 166 Å². The zero-order valence-electron chi connectivity index (χ0n) is 14.0. The van der Waals surface area contributed by atoms with Gasteiger partial charge in [-0.3, -0.25) is 9.36 Å². The van der Waals surface area contributed by atoms with Gasteiger partial charge in [0.05, 0.1) is 21.5 Å². The van der Waals surface area contributed by atoms with Crippen molar-refractivity contribution in [3.8, 4) is 17.1 Å². The van der Waals surface area contributed by atoms with E-state index in [0.717, 1.165) is 10.0 Å². The average molecular weight is 440 g/mol. The van der Waals surface area contributed by atoms with Crippen LogP contribution in [0, 0.1) is 0 Å². The molecule has 134 valence electrons. The number of fused-ring (bicyclic) bond motifs is 1. The molecule has 1 atom stereocenters. The fraction of sp³-hybridized carbons (Fsp3) is 0. The molecular weight excluding hydrogens is 426 g/mol. The molecule has 0 saturated heterocycles. The molecule has 0 fully saturated rings. The molecule has 0 spiro atoms. The number of nitrogens with zero attached hydrogens (tertiary/aromatic N) is 2. The largest absolute Gasteiger partial charge is 0.268 e. The first kappa shape index (κ1) is 17.8. The topological polar surface area (TPSA) is 78.0 Å². The van der Waals surface area contributed by atoms with Crippen LogP contribution in [0.5, 0.6) is 0 Å². The maximum atomic E-state index is 13.3. The van der Waals surface area contributed by atoms with Crippen LogP contribution in [-0.4, -0.2) is 13.8 Å². The lowest BCUT2D eigenvalue weighted by Gasteiger charge is -2.14. The van der Waals surface area contributed by atoms with E-state index in [-0.39, 0.29) is 5.56 Å². The molecule has 2 N–H and O–H groups in total. The van der Waals surface area contributed by atoms with Crippen molar-refractivity contribution in [1.29, 1.82) is 0 Å². The highest BCUT2D eigenvalue weighted by Gasteiger charge is 2.15. The fourth-order valence-corrected chi connectivity index (χ4v) is 3.67. The van der Waals surface area contributed by atoms with Gasteiger partial charge >= 0.3 is 0 Å². The number of benzene rings is 3. The summed E-state index contributed by atoms with van der Waals surface area (Å²) in [5.41, 5.74) is 1.90. The summed E-state index contributed by atoms with van der Waals surface area (Å²) in [4.78, 5) is 18.5. The highest BCUT2D eigenvalue weighted by Crippen LogP contribution is 2.24. The van der Waals surface area contributed by atoms with Crippen LogP contribution >= 0.6 is 15.9 Å². The zero-order chi connectivity index (χ0) is 19.0. The molecular formula is C20H14BrN3O2S. The van der Waals surface area contributed by atoms with E-state index in [1.807, 2.05) is 42.5 Å². The lowest BCUT2D eigenvalue weighted by molar-refractivity contribution is 0.684. The van der Waals surface area contributed by atoms with Crippen molar-refractivity contribution in [2.24, 2.45) is 5.14 Å². The van der Waals surface area contributed by atoms with Crippen molar-refractivity contribution in [2.75, 3.05) is 0 Å². The molecule has 0 aliphatic heterocycles. The second-order valence-corrected chi connectivity index (χ2v) is 7.88. The third-order valence-electron chi connectivity index (χ3n) is 4.19. The third-order valence-corrected chi connectivity index (χ3v) is 5.42. The van der Waals surface area contributed by atoms with Gasteiger partial charge in [0, 0.05) is 10.0 Å². The summed E-state index contributed by atoms with van der Waals surface area (Å²) in [7, 11) is -1.57. The molecule has 0 aliphatic rings. The molecule has 4 rings (SSSR count). The predicted molar refractivity (Wildman–Crippen MR) is 111 cm³/mol. The smallest absolute Gasteiger partial charge is 0.266 e. The van der Waals surface area contributed by atoms with Crippen LogP contribution in [0.3, 0.4) is 0 Å². The quantitative estimate of drug-likeness (QED) is 0.527. The zero-order valence-corrected chi connectivity index (χ0v) is 16.4. The molecule has 1 heterocycles. The molecule has 3 aromatic carbocycles. The Morgan fingerprint density at radius 3 is 2.33 bits per heavy atom. The second kappa shape index (κ2) is 7.19. The summed E-state index contributed by atoms with van der Waals surface area (Å²) in [5.74, 6) is 0.539. The Balaban J connectivity index is 2.06. The van der Waals surface area contributed by atoms with Crippen molar-refractivity contribution >= 4 is 37.8 Å². The van der Waals surface area contributed by atoms with Gasteiger partial charge in [-0.05, 0) is 42.5 Å². The lowest BCUT2D eigenvalue weighted by atomic mass is 10.1. The van der Waals surface area contributed by atoms with Crippen LogP contribution in [0.4, 0.5) is 0 Å². The summed E-state index contributed by atoms with van der Waals surface area (Å²) in [6, 6.07) is 21.7. The van der Waals surface area contributed by atoms with Gasteiger partial charge in [-0.25, -0.2) is 14.3 Å². The van der Waals surface area contributed by atoms with Crippen LogP contribution in [0.15, 0.2) is 87.0 Å². The van der Waals surface area contributed by atoms with E-state index in [1.54, 1.807) is 34.9 Å². The molecule has 1 unspecified atom stereocenters. The number of rotatable bonds is 3. The summed E-state index contributed by atoms with van der Waals surface area (Å²) >= 11 is 3.41. The maximum Gasteiger partial charge on any atom is 0.266 e. The van der Waals surface area contributed by atoms with Gasteiger partial charge < -0.3 is 0 Å². The van der Waals surface area contributed by atoms with Gasteiger partial charge in [0.15, 0.2) is 0 Å². The first-order valence-electron chi connectivity index (χ1n) is 8.09. The molecule has 4 aromatic rings. The van der Waals surface area contributed by atoms with Gasteiger partial charge in [-0.15, -0.1) is 0 Å². The number of hydrogen-bond donors (Lipinski definition) is 1. The van der Waals surface area contributed by atoms with Crippen LogP contribution in [-0.2, 0) is 11.0 Å². The van der Waals surface area contributed by atoms with Gasteiger partial charge in [0.25, 0.3) is 5.56 Å². The van der Waals surface area contributed by atoms with E-state index in [4.69, 9.17) is 10.1 Å². The number of halogens is 1. The van der Waals surface area contributed by atoms with E-state index >= 15 is 0 Å². The summed E-state index contributed by atoms with van der Waals surface area (Å²) in [6.45, 7) is 0. The number of aromatic nitrogens is 2. The minimum atomic E-state index is -1.57. The molecule has 0 radical (unpaired) electrons. The predicted octanol–water partition coefficient (Wildman–Crippen LogP) is 3.80. The highest BCUT2D eigenvalue weighted by atomic mass is 79.9. The van der Waals surface area contributed by atoms with Gasteiger partial charge in [0.1, 0.15) is 16.8 Å². The third kappa shape index (κ3) is 3.37. The molecule has 0 saturated carbocycles. The Kier molecular flexibility index (Phi) is 4.73. The lowest BCUT2D eigenvalue weighted by Crippen LogP contribution is -2.22. The van der Waals surface area contributed by atoms with Crippen molar-refractivity contribution in [1.82, 2.24) is 9.55 Å². The molecule has 5 nitrogen and oxygen atoms in total. The first-order chi connectivity index (χ1) is 13.0. The Hall–Kier alpha value is -2.61. The summed E-state index contributed by atoms with van der Waals surface area (Å²) < 4.78 is 13.8. The average Bonchev–Trinajstić information content (AvgIpc) is 2.69. The number of nitrogens with two attached hydrogens (primary N) is 1. The van der Waals surface area contributed by atoms with Gasteiger partial charge in [0.2, 0.25) is 0 Å². The standard InChI is InChI=1S/C20H14BrN3O2S/c21-14-6-11-18-17(12-14)20(25)24(15-7-9-16(10-8-15)27(22)26)19(23-18)13-4-2-1-3-5-13/h1-12H,22H2. The first-order valence-corrected chi connectivity index (χ1v) is 10.1. The monoisotopic (exact) mass is 439 g/mol. The fourth-order valence-electron chi connectivity index (χ4n) is 2.91. The van der Waals surface area contributed by atoms with Gasteiger partial charge in [-0.1, -0.05) is 46.3 Å². The molecule has 0 bridgehead atoms. The number of hydrogen-bond acceptors (Lipinski definition) is 3. The van der Waals surface area contributed by atoms with E-state index in [2.05, 4.69) is 15.9 Å². The van der Waals surface area contributed by atoms with Gasteiger partial charge in [-0.2, -0.15) is 0 Å². The van der Waals surface area contributed by atoms with E-state index in [9.17, 15) is 9.00 Å². The van der Waals surface area contributed by atoms with Crippen LogP contribution in [0.1, 0.15) is 0 Å². The molecule has 27 heavy (non-hydrogen) atoms. The van der Waals surface area contributed by atoms with Crippen LogP contribution in [0.2, 0.25) is 0 Å². The molecule has 7 heteroatoms. The Morgan fingerprint density at radius 1 is 0.963 bits per heavy atom. The Bertz CT molecular complexity index is 1220. The van der Waals surface area contributed by atoms with E-state index in [1.165, 1.54) is 0 Å². The molecule has 0 aliphatic carbocycles. The van der Waals surface area contributed by atoms with Crippen LogP contribution in [0.25, 0.3) is 28.0 Å². The minimum absolute atomic E-state index is 0.179. The highest BCUT2D eigenvalue weighted by molar-refractivity contribution is 9.10. The summed E-state index contributed by atoms with van der Waals surface area (Å²) in [6.07, 6.45) is 0.